The molecule has 2 fully saturated rings. The van der Waals surface area contributed by atoms with E-state index >= 15 is 4.39 Å². The lowest BCUT2D eigenvalue weighted by atomic mass is 9.65. The van der Waals surface area contributed by atoms with Crippen LogP contribution in [0, 0.1) is 29.4 Å². The van der Waals surface area contributed by atoms with E-state index < -0.39 is 11.6 Å². The van der Waals surface area contributed by atoms with Gasteiger partial charge in [-0.3, -0.25) is 0 Å². The largest absolute Gasteiger partial charge is 0.381 e. The molecule has 3 aliphatic rings. The van der Waals surface area contributed by atoms with Crippen molar-refractivity contribution in [2.75, 3.05) is 7.11 Å². The average Bonchev–Trinajstić information content (AvgIpc) is 2.70. The molecule has 3 heteroatoms. The van der Waals surface area contributed by atoms with Gasteiger partial charge in [0.2, 0.25) is 0 Å². The molecule has 5 atom stereocenters. The summed E-state index contributed by atoms with van der Waals surface area (Å²) in [4.78, 5) is 0. The van der Waals surface area contributed by atoms with Gasteiger partial charge in [0.05, 0.1) is 6.10 Å². The van der Waals surface area contributed by atoms with Crippen LogP contribution in [-0.4, -0.2) is 13.2 Å². The molecule has 0 saturated heterocycles. The first-order valence-corrected chi connectivity index (χ1v) is 11.1. The third kappa shape index (κ3) is 3.81. The fraction of sp³-hybridized carbons (Fsp3) is 0.750. The molecule has 0 heterocycles. The van der Waals surface area contributed by atoms with Gasteiger partial charge in [0.1, 0.15) is 0 Å². The van der Waals surface area contributed by atoms with Crippen molar-refractivity contribution in [3.05, 3.63) is 34.4 Å². The molecular formula is C24H34F2O. The third-order valence-electron chi connectivity index (χ3n) is 7.78. The highest BCUT2D eigenvalue weighted by molar-refractivity contribution is 5.38. The Morgan fingerprint density at radius 1 is 1.00 bits per heavy atom. The van der Waals surface area contributed by atoms with E-state index in [9.17, 15) is 4.39 Å². The van der Waals surface area contributed by atoms with Crippen molar-refractivity contribution in [2.45, 2.75) is 89.6 Å². The maximum Gasteiger partial charge on any atom is 0.162 e. The zero-order valence-corrected chi connectivity index (χ0v) is 16.9. The van der Waals surface area contributed by atoms with Crippen LogP contribution in [0.15, 0.2) is 6.07 Å². The Balaban J connectivity index is 1.53. The molecule has 0 bridgehead atoms. The zero-order valence-electron chi connectivity index (χ0n) is 16.9. The second-order valence-electron chi connectivity index (χ2n) is 9.33. The maximum atomic E-state index is 15.0. The minimum atomic E-state index is -0.542. The molecule has 0 spiro atoms. The van der Waals surface area contributed by atoms with E-state index in [1.165, 1.54) is 6.42 Å². The van der Waals surface area contributed by atoms with Gasteiger partial charge in [-0.25, -0.2) is 8.78 Å². The van der Waals surface area contributed by atoms with Crippen LogP contribution in [0.2, 0.25) is 0 Å². The molecule has 0 aliphatic heterocycles. The predicted octanol–water partition coefficient (Wildman–Crippen LogP) is 6.57. The van der Waals surface area contributed by atoms with E-state index in [1.807, 2.05) is 13.2 Å². The molecule has 5 unspecified atom stereocenters. The van der Waals surface area contributed by atoms with Crippen LogP contribution in [-0.2, 0) is 17.6 Å². The van der Waals surface area contributed by atoms with Gasteiger partial charge < -0.3 is 4.74 Å². The molecule has 4 rings (SSSR count). The van der Waals surface area contributed by atoms with Crippen molar-refractivity contribution in [3.8, 4) is 0 Å². The topological polar surface area (TPSA) is 9.23 Å². The Labute approximate surface area is 162 Å². The number of hydrogen-bond donors (Lipinski definition) is 0. The van der Waals surface area contributed by atoms with Gasteiger partial charge in [-0.2, -0.15) is 0 Å². The maximum absolute atomic E-state index is 15.0. The Morgan fingerprint density at radius 2 is 1.78 bits per heavy atom. The van der Waals surface area contributed by atoms with Crippen molar-refractivity contribution in [3.63, 3.8) is 0 Å². The van der Waals surface area contributed by atoms with Crippen LogP contribution in [0.1, 0.15) is 87.3 Å². The minimum absolute atomic E-state index is 0.193. The lowest BCUT2D eigenvalue weighted by Crippen LogP contribution is -2.33. The summed E-state index contributed by atoms with van der Waals surface area (Å²) in [5.41, 5.74) is 2.43. The number of benzene rings is 1. The molecule has 3 aliphatic carbocycles. The van der Waals surface area contributed by atoms with Crippen molar-refractivity contribution in [1.82, 2.24) is 0 Å². The first-order valence-electron chi connectivity index (χ1n) is 11.1. The summed E-state index contributed by atoms with van der Waals surface area (Å²) < 4.78 is 35.5. The van der Waals surface area contributed by atoms with E-state index in [0.717, 1.165) is 69.8 Å². The number of methoxy groups -OCH3 is 1. The van der Waals surface area contributed by atoms with Gasteiger partial charge in [0, 0.05) is 7.11 Å². The summed E-state index contributed by atoms with van der Waals surface area (Å²) in [6.07, 6.45) is 12.0. The van der Waals surface area contributed by atoms with Crippen LogP contribution in [0.3, 0.4) is 0 Å². The summed E-state index contributed by atoms with van der Waals surface area (Å²) in [6.45, 7) is 2.17. The van der Waals surface area contributed by atoms with Crippen molar-refractivity contribution in [2.24, 2.45) is 17.8 Å². The first kappa shape index (κ1) is 19.4. The van der Waals surface area contributed by atoms with E-state index in [0.29, 0.717) is 35.0 Å². The zero-order chi connectivity index (χ0) is 19.0. The molecule has 1 aromatic rings. The van der Waals surface area contributed by atoms with E-state index in [1.54, 1.807) is 0 Å². The Morgan fingerprint density at radius 3 is 2.56 bits per heavy atom. The number of halogens is 2. The highest BCUT2D eigenvalue weighted by Gasteiger charge is 2.37. The second-order valence-corrected chi connectivity index (χ2v) is 9.33. The normalized spacial score (nSPS) is 33.4. The van der Waals surface area contributed by atoms with Crippen LogP contribution < -0.4 is 0 Å². The quantitative estimate of drug-likeness (QED) is 0.577. The Bertz CT molecular complexity index is 671. The minimum Gasteiger partial charge on any atom is -0.381 e. The summed E-state index contributed by atoms with van der Waals surface area (Å²) >= 11 is 0. The number of ether oxygens (including phenoxy) is 1. The van der Waals surface area contributed by atoms with E-state index in [4.69, 9.17) is 4.74 Å². The molecule has 0 N–H and O–H groups in total. The smallest absolute Gasteiger partial charge is 0.162 e. The van der Waals surface area contributed by atoms with Crippen LogP contribution in [0.5, 0.6) is 0 Å². The third-order valence-corrected chi connectivity index (χ3v) is 7.78. The second kappa shape index (κ2) is 8.19. The Hall–Kier alpha value is -0.960. The number of hydrogen-bond acceptors (Lipinski definition) is 1. The fourth-order valence-electron chi connectivity index (χ4n) is 6.23. The van der Waals surface area contributed by atoms with Crippen molar-refractivity contribution < 1.29 is 13.5 Å². The summed E-state index contributed by atoms with van der Waals surface area (Å²) in [5, 5.41) is 0. The van der Waals surface area contributed by atoms with E-state index in [-0.39, 0.29) is 5.92 Å². The van der Waals surface area contributed by atoms with Crippen LogP contribution >= 0.6 is 0 Å². The first-order chi connectivity index (χ1) is 13.1. The molecule has 0 radical (unpaired) electrons. The fourth-order valence-corrected chi connectivity index (χ4v) is 6.23. The highest BCUT2D eigenvalue weighted by Crippen LogP contribution is 2.48. The van der Waals surface area contributed by atoms with Gasteiger partial charge in [0.25, 0.3) is 0 Å². The average molecular weight is 377 g/mol. The molecular weight excluding hydrogens is 342 g/mol. The standard InChI is InChI=1S/C24H34F2O/c1-3-4-15-5-6-19-14-22(24(26)23(25)21(19)11-15)18-8-7-17-13-20(27-2)10-9-16(17)12-18/h14-18,20H,3-13H2,1-2H3. The monoisotopic (exact) mass is 376 g/mol. The van der Waals surface area contributed by atoms with Gasteiger partial charge >= 0.3 is 0 Å². The SMILES string of the molecule is CCCC1CCc2cc(C3CCC4CC(OC)CCC4C3)c(F)c(F)c2C1. The predicted molar refractivity (Wildman–Crippen MR) is 105 cm³/mol. The highest BCUT2D eigenvalue weighted by atomic mass is 19.2. The number of aryl methyl sites for hydroxylation is 1. The Kier molecular flexibility index (Phi) is 5.87. The van der Waals surface area contributed by atoms with E-state index in [2.05, 4.69) is 6.92 Å². The molecule has 0 aromatic heterocycles. The lowest BCUT2D eigenvalue weighted by molar-refractivity contribution is 0.0121. The van der Waals surface area contributed by atoms with Gasteiger partial charge in [-0.15, -0.1) is 0 Å². The van der Waals surface area contributed by atoms with Gasteiger partial charge in [0.15, 0.2) is 11.6 Å². The number of rotatable bonds is 4. The lowest BCUT2D eigenvalue weighted by Gasteiger charge is -2.42. The van der Waals surface area contributed by atoms with Gasteiger partial charge in [-0.05, 0) is 98.1 Å². The van der Waals surface area contributed by atoms with Crippen molar-refractivity contribution >= 4 is 0 Å². The summed E-state index contributed by atoms with van der Waals surface area (Å²) in [5.74, 6) is 1.00. The molecule has 150 valence electrons. The summed E-state index contributed by atoms with van der Waals surface area (Å²) in [6, 6.07) is 2.04. The molecule has 1 aromatic carbocycles. The van der Waals surface area contributed by atoms with Gasteiger partial charge in [-0.1, -0.05) is 25.8 Å². The van der Waals surface area contributed by atoms with Crippen LogP contribution in [0.4, 0.5) is 8.78 Å². The van der Waals surface area contributed by atoms with Crippen molar-refractivity contribution in [1.29, 1.82) is 0 Å². The summed E-state index contributed by atoms with van der Waals surface area (Å²) in [7, 11) is 1.81. The molecule has 1 nitrogen and oxygen atoms in total. The molecule has 2 saturated carbocycles. The molecule has 0 amide bonds. The van der Waals surface area contributed by atoms with Crippen LogP contribution in [0.25, 0.3) is 0 Å². The number of fused-ring (bicyclic) bond motifs is 2. The molecule has 27 heavy (non-hydrogen) atoms.